The van der Waals surface area contributed by atoms with Gasteiger partial charge >= 0.3 is 0 Å². The Bertz CT molecular complexity index is 785. The summed E-state index contributed by atoms with van der Waals surface area (Å²) in [6.45, 7) is 3.52. The van der Waals surface area contributed by atoms with Gasteiger partial charge in [0, 0.05) is 11.1 Å². The van der Waals surface area contributed by atoms with E-state index in [0.29, 0.717) is 17.7 Å². The summed E-state index contributed by atoms with van der Waals surface area (Å²) in [5, 5.41) is 12.1. The van der Waals surface area contributed by atoms with Gasteiger partial charge in [0.15, 0.2) is 6.61 Å². The van der Waals surface area contributed by atoms with Gasteiger partial charge in [0.2, 0.25) is 0 Å². The summed E-state index contributed by atoms with van der Waals surface area (Å²) in [7, 11) is 0. The summed E-state index contributed by atoms with van der Waals surface area (Å²) in [6, 6.07) is 12.4. The number of amides is 2. The van der Waals surface area contributed by atoms with Crippen molar-refractivity contribution >= 4 is 11.8 Å². The number of benzene rings is 2. The lowest BCUT2D eigenvalue weighted by atomic mass is 10.00. The quantitative estimate of drug-likeness (QED) is 0.673. The lowest BCUT2D eigenvalue weighted by Crippen LogP contribution is -2.36. The molecule has 0 aromatic heterocycles. The van der Waals surface area contributed by atoms with Crippen molar-refractivity contribution in [2.24, 2.45) is 5.73 Å². The highest BCUT2D eigenvalue weighted by molar-refractivity contribution is 5.96. The number of aliphatic hydroxyl groups is 1. The number of aryl methyl sites for hydroxylation is 1. The van der Waals surface area contributed by atoms with Crippen LogP contribution in [0, 0.1) is 6.92 Å². The Morgan fingerprint density at radius 3 is 2.65 bits per heavy atom. The van der Waals surface area contributed by atoms with E-state index in [9.17, 15) is 14.7 Å². The Labute approximate surface area is 153 Å². The van der Waals surface area contributed by atoms with Crippen LogP contribution in [-0.2, 0) is 4.79 Å². The number of ether oxygens (including phenoxy) is 1. The van der Waals surface area contributed by atoms with E-state index >= 15 is 0 Å². The molecule has 0 radical (unpaired) electrons. The van der Waals surface area contributed by atoms with Gasteiger partial charge in [-0.1, -0.05) is 30.7 Å². The van der Waals surface area contributed by atoms with E-state index < -0.39 is 5.91 Å². The van der Waals surface area contributed by atoms with Gasteiger partial charge in [0.25, 0.3) is 11.8 Å². The minimum absolute atomic E-state index is 0.106. The summed E-state index contributed by atoms with van der Waals surface area (Å²) in [4.78, 5) is 23.4. The van der Waals surface area contributed by atoms with Crippen LogP contribution in [0.1, 0.15) is 29.3 Å². The van der Waals surface area contributed by atoms with Crippen LogP contribution in [0.4, 0.5) is 0 Å². The van der Waals surface area contributed by atoms with E-state index in [2.05, 4.69) is 5.32 Å². The number of nitrogens with two attached hydrogens (primary N) is 1. The first-order valence-corrected chi connectivity index (χ1v) is 8.48. The van der Waals surface area contributed by atoms with Gasteiger partial charge in [0.05, 0.1) is 12.6 Å². The van der Waals surface area contributed by atoms with Gasteiger partial charge in [-0.3, -0.25) is 9.59 Å². The van der Waals surface area contributed by atoms with Crippen LogP contribution in [0.15, 0.2) is 42.5 Å². The normalized spacial score (nSPS) is 11.7. The Morgan fingerprint density at radius 1 is 1.23 bits per heavy atom. The molecule has 2 aromatic rings. The summed E-state index contributed by atoms with van der Waals surface area (Å²) < 4.78 is 5.50. The summed E-state index contributed by atoms with van der Waals surface area (Å²) in [5.74, 6) is -0.284. The first kappa shape index (κ1) is 19.5. The lowest BCUT2D eigenvalue weighted by Gasteiger charge is -2.15. The highest BCUT2D eigenvalue weighted by atomic mass is 16.5. The molecular weight excluding hydrogens is 332 g/mol. The summed E-state index contributed by atoms with van der Waals surface area (Å²) >= 11 is 0. The molecule has 138 valence electrons. The van der Waals surface area contributed by atoms with Crippen LogP contribution in [0.25, 0.3) is 11.1 Å². The fraction of sp³-hybridized carbons (Fsp3) is 0.300. The fourth-order valence-electron chi connectivity index (χ4n) is 2.52. The fourth-order valence-corrected chi connectivity index (χ4v) is 2.52. The smallest absolute Gasteiger partial charge is 0.255 e. The Hall–Kier alpha value is -2.86. The molecule has 0 heterocycles. The number of carbonyl (C=O) groups is 2. The molecule has 0 saturated heterocycles. The van der Waals surface area contributed by atoms with E-state index in [4.69, 9.17) is 10.5 Å². The SMILES string of the molecule is CC[C@H](CO)NC(=O)c1cccc(-c2cc(C)ccc2OCC(N)=O)c1. The van der Waals surface area contributed by atoms with Crippen LogP contribution in [-0.4, -0.2) is 36.2 Å². The molecule has 6 nitrogen and oxygen atoms in total. The molecule has 1 atom stereocenters. The first-order valence-electron chi connectivity index (χ1n) is 8.48. The lowest BCUT2D eigenvalue weighted by molar-refractivity contribution is -0.119. The van der Waals surface area contributed by atoms with Gasteiger partial charge in [-0.05, 0) is 43.2 Å². The number of carbonyl (C=O) groups excluding carboxylic acids is 2. The van der Waals surface area contributed by atoms with Crippen molar-refractivity contribution < 1.29 is 19.4 Å². The van der Waals surface area contributed by atoms with E-state index in [1.807, 2.05) is 32.0 Å². The van der Waals surface area contributed by atoms with Gasteiger partial charge in [-0.2, -0.15) is 0 Å². The van der Waals surface area contributed by atoms with Crippen molar-refractivity contribution in [3.05, 3.63) is 53.6 Å². The molecule has 0 spiro atoms. The van der Waals surface area contributed by atoms with E-state index in [1.165, 1.54) is 0 Å². The minimum atomic E-state index is -0.556. The zero-order chi connectivity index (χ0) is 19.1. The third kappa shape index (κ3) is 5.07. The zero-order valence-electron chi connectivity index (χ0n) is 15.0. The Kier molecular flexibility index (Phi) is 6.74. The van der Waals surface area contributed by atoms with Crippen LogP contribution in [0.5, 0.6) is 5.75 Å². The number of hydrogen-bond acceptors (Lipinski definition) is 4. The molecular formula is C20H24N2O4. The maximum atomic E-state index is 12.4. The third-order valence-electron chi connectivity index (χ3n) is 3.99. The van der Waals surface area contributed by atoms with Crippen molar-refractivity contribution in [3.8, 4) is 16.9 Å². The maximum Gasteiger partial charge on any atom is 0.255 e. The number of rotatable bonds is 8. The molecule has 2 rings (SSSR count). The Balaban J connectivity index is 2.33. The molecule has 2 amide bonds. The second kappa shape index (κ2) is 9.01. The third-order valence-corrected chi connectivity index (χ3v) is 3.99. The van der Waals surface area contributed by atoms with Gasteiger partial charge in [-0.15, -0.1) is 0 Å². The Morgan fingerprint density at radius 2 is 2.00 bits per heavy atom. The van der Waals surface area contributed by atoms with Crippen molar-refractivity contribution in [1.29, 1.82) is 0 Å². The highest BCUT2D eigenvalue weighted by Gasteiger charge is 2.14. The first-order chi connectivity index (χ1) is 12.4. The van der Waals surface area contributed by atoms with E-state index in [1.54, 1.807) is 24.3 Å². The average molecular weight is 356 g/mol. The predicted octanol–water partition coefficient (Wildman–Crippen LogP) is 2.03. The van der Waals surface area contributed by atoms with E-state index in [-0.39, 0.29) is 25.2 Å². The molecule has 0 saturated carbocycles. The van der Waals surface area contributed by atoms with Gasteiger partial charge in [0.1, 0.15) is 5.75 Å². The summed E-state index contributed by atoms with van der Waals surface area (Å²) in [6.07, 6.45) is 0.644. The molecule has 0 bridgehead atoms. The van der Waals surface area contributed by atoms with Gasteiger partial charge < -0.3 is 20.9 Å². The maximum absolute atomic E-state index is 12.4. The van der Waals surface area contributed by atoms with Crippen LogP contribution in [0.3, 0.4) is 0 Å². The van der Waals surface area contributed by atoms with Crippen LogP contribution < -0.4 is 15.8 Å². The number of aliphatic hydroxyl groups excluding tert-OH is 1. The molecule has 0 aliphatic rings. The average Bonchev–Trinajstić information content (AvgIpc) is 2.64. The van der Waals surface area contributed by atoms with Gasteiger partial charge in [-0.25, -0.2) is 0 Å². The standard InChI is InChI=1S/C20H24N2O4/c1-3-16(11-23)22-20(25)15-6-4-5-14(10-15)17-9-13(2)7-8-18(17)26-12-19(21)24/h4-10,16,23H,3,11-12H2,1-2H3,(H2,21,24)(H,22,25)/t16-/m1/s1. The number of hydrogen-bond donors (Lipinski definition) is 3. The van der Waals surface area contributed by atoms with Crippen LogP contribution in [0.2, 0.25) is 0 Å². The number of nitrogens with one attached hydrogen (secondary N) is 1. The second-order valence-electron chi connectivity index (χ2n) is 6.10. The molecule has 0 unspecified atom stereocenters. The molecule has 0 aliphatic carbocycles. The topological polar surface area (TPSA) is 102 Å². The summed E-state index contributed by atoms with van der Waals surface area (Å²) in [5.41, 5.74) is 8.23. The zero-order valence-corrected chi connectivity index (χ0v) is 15.0. The minimum Gasteiger partial charge on any atom is -0.483 e. The molecule has 6 heteroatoms. The van der Waals surface area contributed by atoms with Crippen molar-refractivity contribution in [3.63, 3.8) is 0 Å². The molecule has 0 fully saturated rings. The molecule has 26 heavy (non-hydrogen) atoms. The second-order valence-corrected chi connectivity index (χ2v) is 6.10. The highest BCUT2D eigenvalue weighted by Crippen LogP contribution is 2.31. The predicted molar refractivity (Wildman–Crippen MR) is 99.9 cm³/mol. The molecule has 2 aromatic carbocycles. The van der Waals surface area contributed by atoms with E-state index in [0.717, 1.165) is 16.7 Å². The largest absolute Gasteiger partial charge is 0.483 e. The van der Waals surface area contributed by atoms with Crippen molar-refractivity contribution in [2.75, 3.05) is 13.2 Å². The molecule has 0 aliphatic heterocycles. The monoisotopic (exact) mass is 356 g/mol. The van der Waals surface area contributed by atoms with Crippen molar-refractivity contribution in [1.82, 2.24) is 5.32 Å². The molecule has 4 N–H and O–H groups in total. The number of primary amides is 1. The van der Waals surface area contributed by atoms with Crippen LogP contribution >= 0.6 is 0 Å². The van der Waals surface area contributed by atoms with Crippen molar-refractivity contribution in [2.45, 2.75) is 26.3 Å².